The zero-order valence-corrected chi connectivity index (χ0v) is 22.9. The van der Waals surface area contributed by atoms with E-state index < -0.39 is 0 Å². The Balaban J connectivity index is 1.72. The average molecular weight is 532 g/mol. The minimum atomic E-state index is 0.666. The molecule has 0 heterocycles. The van der Waals surface area contributed by atoms with Crippen LogP contribution in [0.25, 0.3) is 75.8 Å². The van der Waals surface area contributed by atoms with Crippen molar-refractivity contribution in [3.05, 3.63) is 157 Å². The summed E-state index contributed by atoms with van der Waals surface area (Å²) in [6.07, 6.45) is 0. The van der Waals surface area contributed by atoms with Crippen LogP contribution in [-0.4, -0.2) is 0 Å². The molecule has 1 heteroatoms. The van der Waals surface area contributed by atoms with Gasteiger partial charge in [0.1, 0.15) is 0 Å². The van der Waals surface area contributed by atoms with Gasteiger partial charge in [0.15, 0.2) is 0 Å². The summed E-state index contributed by atoms with van der Waals surface area (Å²) in [5.41, 5.74) is 2.88. The van der Waals surface area contributed by atoms with E-state index in [1.165, 1.54) is 64.6 Å². The fraction of sp³-hybridized carbons (Fsp3) is 0. The Labute approximate surface area is 243 Å². The smallest absolute Gasteiger partial charge is 0.0991 e. The van der Waals surface area contributed by atoms with Gasteiger partial charge in [-0.15, -0.1) is 0 Å². The lowest BCUT2D eigenvalue weighted by Gasteiger charge is -2.13. The highest BCUT2D eigenvalue weighted by Crippen LogP contribution is 2.39. The fourth-order valence-electron chi connectivity index (χ4n) is 6.55. The van der Waals surface area contributed by atoms with E-state index in [1.807, 2.05) is 24.3 Å². The van der Waals surface area contributed by atoms with Gasteiger partial charge in [-0.2, -0.15) is 5.26 Å². The summed E-state index contributed by atoms with van der Waals surface area (Å²) in [6, 6.07) is 56.6. The Morgan fingerprint density at radius 2 is 0.762 bits per heavy atom. The predicted octanol–water partition coefficient (Wildman–Crippen LogP) is 11.3. The number of rotatable bonds is 1. The van der Waals surface area contributed by atoms with Crippen molar-refractivity contribution in [2.24, 2.45) is 0 Å². The first-order valence-corrected chi connectivity index (χ1v) is 14.3. The second-order valence-electron chi connectivity index (χ2n) is 10.8. The number of fused-ring (bicyclic) bond motifs is 12. The van der Waals surface area contributed by atoms with Crippen LogP contribution in [0, 0.1) is 11.3 Å². The van der Waals surface area contributed by atoms with Crippen molar-refractivity contribution >= 4 is 64.6 Å². The maximum atomic E-state index is 9.35. The van der Waals surface area contributed by atoms with Gasteiger partial charge in [-0.1, -0.05) is 133 Å². The van der Waals surface area contributed by atoms with Gasteiger partial charge < -0.3 is 0 Å². The van der Waals surface area contributed by atoms with Crippen LogP contribution in [0.15, 0.2) is 152 Å². The number of nitrogens with zero attached hydrogens (tertiary/aromatic N) is 1. The number of hydrogen-bond acceptors (Lipinski definition) is 1. The van der Waals surface area contributed by atoms with Crippen LogP contribution in [-0.2, 0) is 0 Å². The SMILES string of the molecule is N#Cc1ccc(-c2ccc3c4ccccc4c4ccccc4c4ccccc4c4c5ccccc5ccc4c3c2)cc1. The van der Waals surface area contributed by atoms with Gasteiger partial charge in [0.25, 0.3) is 0 Å². The molecule has 0 amide bonds. The van der Waals surface area contributed by atoms with Crippen molar-refractivity contribution < 1.29 is 0 Å². The van der Waals surface area contributed by atoms with E-state index in [-0.39, 0.29) is 0 Å². The third-order valence-corrected chi connectivity index (χ3v) is 8.51. The Morgan fingerprint density at radius 1 is 0.333 bits per heavy atom. The third kappa shape index (κ3) is 3.78. The van der Waals surface area contributed by atoms with Gasteiger partial charge in [-0.05, 0) is 94.0 Å². The second kappa shape index (κ2) is 9.73. The van der Waals surface area contributed by atoms with Crippen LogP contribution in [0.3, 0.4) is 0 Å². The molecule has 0 aliphatic heterocycles. The first kappa shape index (κ1) is 24.1. The Bertz CT molecular complexity index is 2460. The molecular formula is C41H25N. The molecule has 0 fully saturated rings. The summed E-state index contributed by atoms with van der Waals surface area (Å²) < 4.78 is 0. The number of benzene rings is 7. The third-order valence-electron chi connectivity index (χ3n) is 8.51. The second-order valence-corrected chi connectivity index (χ2v) is 10.8. The van der Waals surface area contributed by atoms with E-state index in [9.17, 15) is 5.26 Å². The Hall–Kier alpha value is -5.71. The van der Waals surface area contributed by atoms with Crippen molar-refractivity contribution in [2.75, 3.05) is 0 Å². The van der Waals surface area contributed by atoms with Crippen LogP contribution >= 0.6 is 0 Å². The zero-order valence-electron chi connectivity index (χ0n) is 22.9. The Kier molecular flexibility index (Phi) is 5.59. The molecular weight excluding hydrogens is 506 g/mol. The van der Waals surface area contributed by atoms with E-state index in [4.69, 9.17) is 0 Å². The molecule has 0 radical (unpaired) electrons. The molecule has 0 saturated carbocycles. The molecule has 0 aromatic heterocycles. The van der Waals surface area contributed by atoms with Crippen LogP contribution in [0.1, 0.15) is 5.56 Å². The first-order valence-electron chi connectivity index (χ1n) is 14.3. The van der Waals surface area contributed by atoms with Crippen LogP contribution in [0.2, 0.25) is 0 Å². The predicted molar refractivity (Wildman–Crippen MR) is 179 cm³/mol. The molecule has 0 aliphatic carbocycles. The van der Waals surface area contributed by atoms with Crippen LogP contribution in [0.5, 0.6) is 0 Å². The minimum absolute atomic E-state index is 0.666. The summed E-state index contributed by atoms with van der Waals surface area (Å²) in [6.45, 7) is 0. The quantitative estimate of drug-likeness (QED) is 0.207. The fourth-order valence-corrected chi connectivity index (χ4v) is 6.55. The molecule has 0 saturated heterocycles. The molecule has 0 bridgehead atoms. The zero-order chi connectivity index (χ0) is 28.0. The minimum Gasteiger partial charge on any atom is -0.192 e. The number of nitriles is 1. The lowest BCUT2D eigenvalue weighted by molar-refractivity contribution is 1.48. The van der Waals surface area contributed by atoms with Crippen LogP contribution in [0.4, 0.5) is 0 Å². The monoisotopic (exact) mass is 531 g/mol. The highest BCUT2D eigenvalue weighted by atomic mass is 14.2. The first-order chi connectivity index (χ1) is 20.8. The van der Waals surface area contributed by atoms with Crippen molar-refractivity contribution in [3.63, 3.8) is 0 Å². The highest BCUT2D eigenvalue weighted by molar-refractivity contribution is 6.30. The molecule has 1 nitrogen and oxygen atoms in total. The molecule has 8 rings (SSSR count). The maximum absolute atomic E-state index is 9.35. The molecule has 0 atom stereocenters. The lowest BCUT2D eigenvalue weighted by atomic mass is 9.91. The van der Waals surface area contributed by atoms with Gasteiger partial charge in [-0.25, -0.2) is 0 Å². The van der Waals surface area contributed by atoms with Gasteiger partial charge in [0.05, 0.1) is 11.6 Å². The van der Waals surface area contributed by atoms with Gasteiger partial charge in [0, 0.05) is 0 Å². The normalized spacial score (nSPS) is 11.3. The molecule has 0 spiro atoms. The maximum Gasteiger partial charge on any atom is 0.0991 e. The molecule has 194 valence electrons. The topological polar surface area (TPSA) is 23.8 Å². The van der Waals surface area contributed by atoms with E-state index in [1.54, 1.807) is 0 Å². The summed E-state index contributed by atoms with van der Waals surface area (Å²) in [5.74, 6) is 0. The number of hydrogen-bond donors (Lipinski definition) is 0. The van der Waals surface area contributed by atoms with E-state index in [0.29, 0.717) is 5.56 Å². The molecule has 42 heavy (non-hydrogen) atoms. The molecule has 0 aliphatic rings. The van der Waals surface area contributed by atoms with Gasteiger partial charge in [-0.3, -0.25) is 0 Å². The standard InChI is InChI=1S/C41H25N/c42-26-27-17-19-28(20-18-27)30-22-23-37-35-14-6-4-12-33(35)32-11-3-5-13-34(32)36-15-7-8-16-38(36)41-31-10-2-1-9-29(31)21-24-39(41)40(37)25-30/h1-25H. The molecule has 8 aromatic rings. The van der Waals surface area contributed by atoms with Crippen molar-refractivity contribution in [1.29, 1.82) is 5.26 Å². The Morgan fingerprint density at radius 3 is 1.36 bits per heavy atom. The van der Waals surface area contributed by atoms with Crippen LogP contribution < -0.4 is 0 Å². The van der Waals surface area contributed by atoms with E-state index in [0.717, 1.165) is 11.1 Å². The molecule has 0 N–H and O–H groups in total. The molecule has 8 aromatic carbocycles. The largest absolute Gasteiger partial charge is 0.192 e. The van der Waals surface area contributed by atoms with Crippen molar-refractivity contribution in [3.8, 4) is 17.2 Å². The lowest BCUT2D eigenvalue weighted by Crippen LogP contribution is -1.85. The summed E-state index contributed by atoms with van der Waals surface area (Å²) in [7, 11) is 0. The summed E-state index contributed by atoms with van der Waals surface area (Å²) in [5, 5.41) is 24.0. The average Bonchev–Trinajstić information content (AvgIpc) is 3.07. The van der Waals surface area contributed by atoms with Crippen molar-refractivity contribution in [1.82, 2.24) is 0 Å². The highest BCUT2D eigenvalue weighted by Gasteiger charge is 2.11. The summed E-state index contributed by atoms with van der Waals surface area (Å²) in [4.78, 5) is 0. The van der Waals surface area contributed by atoms with E-state index in [2.05, 4.69) is 133 Å². The molecule has 0 unspecified atom stereocenters. The van der Waals surface area contributed by atoms with Gasteiger partial charge >= 0.3 is 0 Å². The van der Waals surface area contributed by atoms with E-state index >= 15 is 0 Å². The van der Waals surface area contributed by atoms with Gasteiger partial charge in [0.2, 0.25) is 0 Å². The summed E-state index contributed by atoms with van der Waals surface area (Å²) >= 11 is 0. The van der Waals surface area contributed by atoms with Crippen molar-refractivity contribution in [2.45, 2.75) is 0 Å².